The second-order valence-corrected chi connectivity index (χ2v) is 6.13. The number of carboxylic acids is 1. The van der Waals surface area contributed by atoms with E-state index in [0.29, 0.717) is 17.8 Å². The molecule has 0 saturated heterocycles. The van der Waals surface area contributed by atoms with Gasteiger partial charge < -0.3 is 5.11 Å². The van der Waals surface area contributed by atoms with E-state index in [4.69, 9.17) is 0 Å². The van der Waals surface area contributed by atoms with Crippen LogP contribution in [0, 0.1) is 0 Å². The molecule has 132 valence electrons. The first-order valence-corrected chi connectivity index (χ1v) is 8.56. The van der Waals surface area contributed by atoms with Crippen molar-refractivity contribution >= 4 is 12.3 Å². The molecule has 26 heavy (non-hydrogen) atoms. The smallest absolute Gasteiger partial charge is 0.336 e. The van der Waals surface area contributed by atoms with Gasteiger partial charge in [-0.25, -0.2) is 4.79 Å². The summed E-state index contributed by atoms with van der Waals surface area (Å²) in [6, 6.07) is 16.6. The van der Waals surface area contributed by atoms with Crippen LogP contribution < -0.4 is 0 Å². The summed E-state index contributed by atoms with van der Waals surface area (Å²) in [4.78, 5) is 22.4. The maximum atomic E-state index is 11.4. The fraction of sp³-hybridized carbons (Fsp3) is 0.190. The van der Waals surface area contributed by atoms with Gasteiger partial charge >= 0.3 is 5.97 Å². The summed E-state index contributed by atoms with van der Waals surface area (Å²) in [7, 11) is 0. The number of hydrogen-bond acceptors (Lipinski definition) is 3. The lowest BCUT2D eigenvalue weighted by Crippen LogP contribution is -2.06. The number of carbonyl (C=O) groups is 2. The summed E-state index contributed by atoms with van der Waals surface area (Å²) in [6.07, 6.45) is 2.61. The van der Waals surface area contributed by atoms with E-state index in [2.05, 4.69) is 12.0 Å². The Morgan fingerprint density at radius 2 is 1.88 bits per heavy atom. The molecule has 3 rings (SSSR count). The third kappa shape index (κ3) is 3.72. The van der Waals surface area contributed by atoms with Crippen molar-refractivity contribution < 1.29 is 14.7 Å². The molecule has 0 radical (unpaired) electrons. The van der Waals surface area contributed by atoms with Crippen LogP contribution >= 0.6 is 0 Å². The number of rotatable bonds is 7. The molecule has 2 aromatic carbocycles. The summed E-state index contributed by atoms with van der Waals surface area (Å²) in [5, 5.41) is 13.7. The predicted molar refractivity (Wildman–Crippen MR) is 99.5 cm³/mol. The average molecular weight is 348 g/mol. The molecule has 0 unspecified atom stereocenters. The molecule has 0 aliphatic rings. The van der Waals surface area contributed by atoms with Crippen LogP contribution in [0.4, 0.5) is 0 Å². The van der Waals surface area contributed by atoms with Crippen molar-refractivity contribution in [1.29, 1.82) is 0 Å². The number of carbonyl (C=O) groups excluding carboxylic acids is 1. The Morgan fingerprint density at radius 1 is 1.15 bits per heavy atom. The molecule has 5 nitrogen and oxygen atoms in total. The average Bonchev–Trinajstić information content (AvgIpc) is 3.04. The Balaban J connectivity index is 1.86. The quantitative estimate of drug-likeness (QED) is 0.654. The van der Waals surface area contributed by atoms with Gasteiger partial charge in [-0.05, 0) is 35.2 Å². The van der Waals surface area contributed by atoms with Crippen molar-refractivity contribution in [2.45, 2.75) is 26.3 Å². The molecule has 3 aromatic rings. The van der Waals surface area contributed by atoms with Crippen LogP contribution in [-0.4, -0.2) is 27.1 Å². The highest BCUT2D eigenvalue weighted by Crippen LogP contribution is 2.24. The zero-order chi connectivity index (χ0) is 18.5. The first-order chi connectivity index (χ1) is 12.6. The van der Waals surface area contributed by atoms with E-state index in [0.717, 1.165) is 35.9 Å². The highest BCUT2D eigenvalue weighted by atomic mass is 16.4. The van der Waals surface area contributed by atoms with Crippen molar-refractivity contribution in [2.75, 3.05) is 0 Å². The Bertz CT molecular complexity index is 927. The van der Waals surface area contributed by atoms with Gasteiger partial charge in [0.2, 0.25) is 0 Å². The zero-order valence-electron chi connectivity index (χ0n) is 14.6. The van der Waals surface area contributed by atoms with Gasteiger partial charge in [0.1, 0.15) is 5.69 Å². The van der Waals surface area contributed by atoms with Crippen molar-refractivity contribution in [3.8, 4) is 11.1 Å². The second kappa shape index (κ2) is 7.78. The van der Waals surface area contributed by atoms with Gasteiger partial charge in [0.25, 0.3) is 0 Å². The summed E-state index contributed by atoms with van der Waals surface area (Å²) in [6.45, 7) is 2.66. The highest BCUT2D eigenvalue weighted by molar-refractivity contribution is 5.95. The molecule has 0 aliphatic carbocycles. The Hall–Kier alpha value is -3.21. The summed E-state index contributed by atoms with van der Waals surface area (Å²) in [5.74, 6) is -0.938. The molecule has 1 N–H and O–H groups in total. The van der Waals surface area contributed by atoms with Gasteiger partial charge in [-0.15, -0.1) is 0 Å². The topological polar surface area (TPSA) is 72.2 Å². The largest absolute Gasteiger partial charge is 0.478 e. The van der Waals surface area contributed by atoms with Crippen molar-refractivity contribution in [3.63, 3.8) is 0 Å². The molecule has 0 spiro atoms. The number of hydrogen-bond donors (Lipinski definition) is 1. The fourth-order valence-electron chi connectivity index (χ4n) is 3.01. The van der Waals surface area contributed by atoms with Gasteiger partial charge in [-0.1, -0.05) is 55.8 Å². The van der Waals surface area contributed by atoms with Crippen LogP contribution in [0.25, 0.3) is 11.1 Å². The second-order valence-electron chi connectivity index (χ2n) is 6.13. The van der Waals surface area contributed by atoms with Crippen molar-refractivity contribution in [3.05, 3.63) is 77.1 Å². The Morgan fingerprint density at radius 3 is 2.54 bits per heavy atom. The third-order valence-corrected chi connectivity index (χ3v) is 4.26. The molecule has 0 atom stereocenters. The zero-order valence-corrected chi connectivity index (χ0v) is 14.6. The number of aromatic carboxylic acids is 1. The number of benzene rings is 2. The third-order valence-electron chi connectivity index (χ3n) is 4.26. The minimum Gasteiger partial charge on any atom is -0.478 e. The Kier molecular flexibility index (Phi) is 5.27. The van der Waals surface area contributed by atoms with E-state index in [1.807, 2.05) is 47.1 Å². The van der Waals surface area contributed by atoms with Crippen molar-refractivity contribution in [1.82, 2.24) is 9.78 Å². The van der Waals surface area contributed by atoms with E-state index in [9.17, 15) is 14.7 Å². The number of nitrogens with zero attached hydrogens (tertiary/aromatic N) is 2. The van der Waals surface area contributed by atoms with Crippen LogP contribution in [0.1, 0.15) is 45.4 Å². The van der Waals surface area contributed by atoms with Gasteiger partial charge in [-0.2, -0.15) is 5.10 Å². The van der Waals surface area contributed by atoms with Crippen LogP contribution in [0.5, 0.6) is 0 Å². The van der Waals surface area contributed by atoms with Crippen LogP contribution in [-0.2, 0) is 13.0 Å². The maximum Gasteiger partial charge on any atom is 0.336 e. The molecule has 0 fully saturated rings. The van der Waals surface area contributed by atoms with E-state index in [1.54, 1.807) is 12.1 Å². The number of aromatic nitrogens is 2. The lowest BCUT2D eigenvalue weighted by atomic mass is 9.99. The molecular weight excluding hydrogens is 328 g/mol. The maximum absolute atomic E-state index is 11.4. The summed E-state index contributed by atoms with van der Waals surface area (Å²) >= 11 is 0. The van der Waals surface area contributed by atoms with Crippen molar-refractivity contribution in [2.24, 2.45) is 0 Å². The van der Waals surface area contributed by atoms with Crippen LogP contribution in [0.2, 0.25) is 0 Å². The standard InChI is InChI=1S/C21H20N2O3/c1-2-5-18-12-17(14-24)22-23(18)13-15-8-10-16(11-9-15)19-6-3-4-7-20(19)21(25)26/h3-4,6-12,14H,2,5,13H2,1H3,(H,25,26). The molecule has 5 heteroatoms. The number of aldehydes is 1. The van der Waals surface area contributed by atoms with Crippen LogP contribution in [0.3, 0.4) is 0 Å². The molecule has 0 aliphatic heterocycles. The van der Waals surface area contributed by atoms with Gasteiger partial charge in [0.05, 0.1) is 12.1 Å². The predicted octanol–water partition coefficient (Wildman–Crippen LogP) is 4.06. The molecule has 1 heterocycles. The van der Waals surface area contributed by atoms with Gasteiger partial charge in [0, 0.05) is 5.69 Å². The number of carboxylic acid groups (broad SMARTS) is 1. The monoisotopic (exact) mass is 348 g/mol. The summed E-state index contributed by atoms with van der Waals surface area (Å²) < 4.78 is 1.85. The Labute approximate surface area is 151 Å². The fourth-order valence-corrected chi connectivity index (χ4v) is 3.01. The van der Waals surface area contributed by atoms with E-state index in [-0.39, 0.29) is 5.56 Å². The first kappa shape index (κ1) is 17.6. The lowest BCUT2D eigenvalue weighted by molar-refractivity contribution is 0.0697. The summed E-state index contributed by atoms with van der Waals surface area (Å²) in [5.41, 5.74) is 4.36. The van der Waals surface area contributed by atoms with E-state index < -0.39 is 5.97 Å². The first-order valence-electron chi connectivity index (χ1n) is 8.56. The van der Waals surface area contributed by atoms with Gasteiger partial charge in [0.15, 0.2) is 6.29 Å². The molecule has 0 amide bonds. The SMILES string of the molecule is CCCc1cc(C=O)nn1Cc1ccc(-c2ccccc2C(=O)O)cc1. The molecular formula is C21H20N2O3. The molecule has 0 bridgehead atoms. The van der Waals surface area contributed by atoms with Gasteiger partial charge in [-0.3, -0.25) is 9.48 Å². The minimum absolute atomic E-state index is 0.285. The molecule has 0 saturated carbocycles. The normalized spacial score (nSPS) is 10.7. The van der Waals surface area contributed by atoms with E-state index in [1.165, 1.54) is 0 Å². The number of aryl methyl sites for hydroxylation is 1. The highest BCUT2D eigenvalue weighted by Gasteiger charge is 2.11. The van der Waals surface area contributed by atoms with E-state index >= 15 is 0 Å². The lowest BCUT2D eigenvalue weighted by Gasteiger charge is -2.09. The van der Waals surface area contributed by atoms with Crippen LogP contribution in [0.15, 0.2) is 54.6 Å². The minimum atomic E-state index is -0.938. The molecule has 1 aromatic heterocycles.